The zero-order valence-electron chi connectivity index (χ0n) is 17.9. The predicted octanol–water partition coefficient (Wildman–Crippen LogP) is 6.40. The van der Waals surface area contributed by atoms with Gasteiger partial charge in [0.05, 0.1) is 12.8 Å². The lowest BCUT2D eigenvalue weighted by molar-refractivity contribution is 0.230. The highest BCUT2D eigenvalue weighted by Gasteiger charge is 2.29. The molecule has 1 aromatic carbocycles. The van der Waals surface area contributed by atoms with Crippen LogP contribution in [0.5, 0.6) is 0 Å². The molecule has 4 heteroatoms. The maximum atomic E-state index is 5.52. The minimum absolute atomic E-state index is 0. The molecule has 0 radical (unpaired) electrons. The molecular formula is C25H35ClN2O. The second kappa shape index (κ2) is 9.86. The second-order valence-corrected chi connectivity index (χ2v) is 8.50. The van der Waals surface area contributed by atoms with E-state index in [1.54, 1.807) is 11.8 Å². The number of piperazine rings is 1. The van der Waals surface area contributed by atoms with Crippen LogP contribution in [0.15, 0.2) is 53.2 Å². The fourth-order valence-electron chi connectivity index (χ4n) is 4.87. The van der Waals surface area contributed by atoms with E-state index in [1.807, 2.05) is 6.07 Å². The molecule has 1 saturated heterocycles. The summed E-state index contributed by atoms with van der Waals surface area (Å²) in [7, 11) is 0. The van der Waals surface area contributed by atoms with Crippen LogP contribution in [0.4, 0.5) is 5.69 Å². The van der Waals surface area contributed by atoms with E-state index in [0.29, 0.717) is 5.41 Å². The van der Waals surface area contributed by atoms with Gasteiger partial charge in [0.15, 0.2) is 0 Å². The van der Waals surface area contributed by atoms with E-state index in [4.69, 9.17) is 4.42 Å². The van der Waals surface area contributed by atoms with E-state index < -0.39 is 0 Å². The number of rotatable bonds is 6. The molecule has 1 aliphatic carbocycles. The molecule has 29 heavy (non-hydrogen) atoms. The first kappa shape index (κ1) is 22.0. The number of benzene rings is 1. The van der Waals surface area contributed by atoms with E-state index in [9.17, 15) is 0 Å². The van der Waals surface area contributed by atoms with Crippen molar-refractivity contribution in [2.24, 2.45) is 5.41 Å². The molecule has 0 saturated carbocycles. The Bertz CT molecular complexity index is 787. The van der Waals surface area contributed by atoms with Crippen LogP contribution in [0, 0.1) is 5.41 Å². The van der Waals surface area contributed by atoms with Gasteiger partial charge in [-0.2, -0.15) is 0 Å². The Hall–Kier alpha value is -1.71. The summed E-state index contributed by atoms with van der Waals surface area (Å²) in [6, 6.07) is 13.1. The smallest absolute Gasteiger partial charge is 0.117 e. The molecule has 0 N–H and O–H groups in total. The quantitative estimate of drug-likeness (QED) is 0.545. The van der Waals surface area contributed by atoms with Crippen molar-refractivity contribution in [3.8, 4) is 0 Å². The lowest BCUT2D eigenvalue weighted by atomic mass is 9.70. The Morgan fingerprint density at radius 1 is 0.966 bits per heavy atom. The van der Waals surface area contributed by atoms with Gasteiger partial charge < -0.3 is 9.32 Å². The van der Waals surface area contributed by atoms with Crippen LogP contribution in [0.3, 0.4) is 0 Å². The number of allylic oxidation sites excluding steroid dienone is 2. The summed E-state index contributed by atoms with van der Waals surface area (Å²) in [5.74, 6) is 1.07. The number of hydrogen-bond acceptors (Lipinski definition) is 3. The largest absolute Gasteiger partial charge is 0.468 e. The van der Waals surface area contributed by atoms with E-state index in [1.165, 1.54) is 43.4 Å². The first-order valence-electron chi connectivity index (χ1n) is 11.0. The molecule has 1 aliphatic heterocycles. The maximum absolute atomic E-state index is 5.52. The summed E-state index contributed by atoms with van der Waals surface area (Å²) in [6.45, 7) is 9.98. The van der Waals surface area contributed by atoms with Gasteiger partial charge in [-0.3, -0.25) is 4.90 Å². The number of nitrogens with zero attached hydrogens (tertiary/aromatic N) is 2. The highest BCUT2D eigenvalue weighted by atomic mass is 35.5. The first-order chi connectivity index (χ1) is 13.7. The molecule has 1 aromatic heterocycles. The predicted molar refractivity (Wildman–Crippen MR) is 125 cm³/mol. The van der Waals surface area contributed by atoms with E-state index in [2.05, 4.69) is 60.1 Å². The summed E-state index contributed by atoms with van der Waals surface area (Å²) in [5.41, 5.74) is 4.98. The van der Waals surface area contributed by atoms with Crippen molar-refractivity contribution in [1.82, 2.24) is 4.90 Å². The molecule has 0 spiro atoms. The van der Waals surface area contributed by atoms with Crippen LogP contribution in [0.1, 0.15) is 57.3 Å². The number of anilines is 1. The van der Waals surface area contributed by atoms with Crippen molar-refractivity contribution < 1.29 is 4.42 Å². The molecule has 0 unspecified atom stereocenters. The molecule has 1 fully saturated rings. The Labute approximate surface area is 182 Å². The third kappa shape index (κ3) is 4.90. The summed E-state index contributed by atoms with van der Waals surface area (Å²) in [6.07, 6.45) is 10.7. The van der Waals surface area contributed by atoms with Crippen LogP contribution >= 0.6 is 12.4 Å². The third-order valence-electron chi connectivity index (χ3n) is 7.13. The highest BCUT2D eigenvalue weighted by Crippen LogP contribution is 2.44. The average Bonchev–Trinajstić information content (AvgIpc) is 3.27. The van der Waals surface area contributed by atoms with Crippen molar-refractivity contribution in [2.75, 3.05) is 31.1 Å². The second-order valence-electron chi connectivity index (χ2n) is 8.50. The number of halogens is 1. The molecule has 0 amide bonds. The zero-order chi connectivity index (χ0) is 19.4. The lowest BCUT2D eigenvalue weighted by Gasteiger charge is -2.38. The lowest BCUT2D eigenvalue weighted by Crippen LogP contribution is -2.46. The van der Waals surface area contributed by atoms with Gasteiger partial charge in [0.2, 0.25) is 0 Å². The molecule has 2 aromatic rings. The monoisotopic (exact) mass is 414 g/mol. The highest BCUT2D eigenvalue weighted by molar-refractivity contribution is 5.85. The number of furan rings is 1. The molecule has 2 aliphatic rings. The SMILES string of the molecule is CCC1(CC)CC=C(c2ccccc2N2CCN(Cc3ccco3)CC2)CC1.Cl. The Balaban J connectivity index is 0.00000240. The van der Waals surface area contributed by atoms with Gasteiger partial charge in [-0.05, 0) is 48.4 Å². The van der Waals surface area contributed by atoms with Crippen molar-refractivity contribution in [1.29, 1.82) is 0 Å². The Morgan fingerprint density at radius 2 is 1.72 bits per heavy atom. The molecule has 158 valence electrons. The minimum Gasteiger partial charge on any atom is -0.468 e. The summed E-state index contributed by atoms with van der Waals surface area (Å²) in [4.78, 5) is 5.07. The molecule has 2 heterocycles. The van der Waals surface area contributed by atoms with Crippen molar-refractivity contribution >= 4 is 23.7 Å². The van der Waals surface area contributed by atoms with Gasteiger partial charge in [0.25, 0.3) is 0 Å². The van der Waals surface area contributed by atoms with Gasteiger partial charge in [0.1, 0.15) is 5.76 Å². The van der Waals surface area contributed by atoms with E-state index >= 15 is 0 Å². The van der Waals surface area contributed by atoms with E-state index in [0.717, 1.165) is 38.5 Å². The van der Waals surface area contributed by atoms with Gasteiger partial charge >= 0.3 is 0 Å². The molecular weight excluding hydrogens is 380 g/mol. The normalized spacial score (nSPS) is 19.5. The van der Waals surface area contributed by atoms with Crippen LogP contribution in [-0.2, 0) is 6.54 Å². The van der Waals surface area contributed by atoms with Crippen LogP contribution in [0.2, 0.25) is 0 Å². The van der Waals surface area contributed by atoms with Crippen molar-refractivity contribution in [3.05, 3.63) is 60.1 Å². The summed E-state index contributed by atoms with van der Waals surface area (Å²) < 4.78 is 5.52. The van der Waals surface area contributed by atoms with Crippen molar-refractivity contribution in [2.45, 2.75) is 52.5 Å². The van der Waals surface area contributed by atoms with E-state index in [-0.39, 0.29) is 12.4 Å². The Kier molecular flexibility index (Phi) is 7.48. The topological polar surface area (TPSA) is 19.6 Å². The summed E-state index contributed by atoms with van der Waals surface area (Å²) in [5, 5.41) is 0. The minimum atomic E-state index is 0. The molecule has 0 bridgehead atoms. The fourth-order valence-corrected chi connectivity index (χ4v) is 4.87. The molecule has 0 atom stereocenters. The number of hydrogen-bond donors (Lipinski definition) is 0. The average molecular weight is 415 g/mol. The van der Waals surface area contributed by atoms with Crippen LogP contribution in [0.25, 0.3) is 5.57 Å². The zero-order valence-corrected chi connectivity index (χ0v) is 18.7. The fraction of sp³-hybridized carbons (Fsp3) is 0.520. The van der Waals surface area contributed by atoms with Gasteiger partial charge in [-0.1, -0.05) is 51.0 Å². The molecule has 4 rings (SSSR count). The van der Waals surface area contributed by atoms with Crippen molar-refractivity contribution in [3.63, 3.8) is 0 Å². The van der Waals surface area contributed by atoms with Gasteiger partial charge in [0, 0.05) is 37.4 Å². The number of para-hydroxylation sites is 1. The third-order valence-corrected chi connectivity index (χ3v) is 7.13. The van der Waals surface area contributed by atoms with Gasteiger partial charge in [-0.25, -0.2) is 0 Å². The summed E-state index contributed by atoms with van der Waals surface area (Å²) >= 11 is 0. The van der Waals surface area contributed by atoms with Crippen LogP contribution < -0.4 is 4.90 Å². The first-order valence-corrected chi connectivity index (χ1v) is 11.0. The maximum Gasteiger partial charge on any atom is 0.117 e. The van der Waals surface area contributed by atoms with Gasteiger partial charge in [-0.15, -0.1) is 12.4 Å². The Morgan fingerprint density at radius 3 is 2.34 bits per heavy atom. The standard InChI is InChI=1S/C25H34N2O.ClH/c1-3-25(4-2)13-11-21(12-14-25)23-9-5-6-10-24(23)27-17-15-26(16-18-27)20-22-8-7-19-28-22;/h5-11,19H,3-4,12-18,20H2,1-2H3;1H. The van der Waals surface area contributed by atoms with Crippen LogP contribution in [-0.4, -0.2) is 31.1 Å². The molecule has 3 nitrogen and oxygen atoms in total.